The van der Waals surface area contributed by atoms with Crippen molar-refractivity contribution in [2.75, 3.05) is 39.8 Å². The van der Waals surface area contributed by atoms with Gasteiger partial charge in [-0.1, -0.05) is 6.92 Å². The summed E-state index contributed by atoms with van der Waals surface area (Å²) in [4.78, 5) is 0. The molecule has 1 saturated heterocycles. The fourth-order valence-electron chi connectivity index (χ4n) is 0.876. The summed E-state index contributed by atoms with van der Waals surface area (Å²) in [5, 5.41) is 5.27. The van der Waals surface area contributed by atoms with Gasteiger partial charge in [0.25, 0.3) is 0 Å². The van der Waals surface area contributed by atoms with E-state index in [-0.39, 0.29) is 0 Å². The Labute approximate surface area is 78.5 Å². The zero-order valence-electron chi connectivity index (χ0n) is 7.75. The number of piperazine rings is 1. The molecule has 72 valence electrons. The fourth-order valence-corrected chi connectivity index (χ4v) is 1.34. The molecule has 0 aromatic heterocycles. The van der Waals surface area contributed by atoms with Crippen molar-refractivity contribution < 1.29 is 4.28 Å². The Morgan fingerprint density at radius 1 is 1.50 bits per heavy atom. The lowest BCUT2D eigenvalue weighted by Crippen LogP contribution is -2.42. The van der Waals surface area contributed by atoms with E-state index in [0.717, 1.165) is 32.7 Å². The van der Waals surface area contributed by atoms with Crippen LogP contribution in [0, 0.1) is 0 Å². The van der Waals surface area contributed by atoms with E-state index in [0.29, 0.717) is 0 Å². The third-order valence-electron chi connectivity index (χ3n) is 1.79. The molecule has 1 fully saturated rings. The zero-order valence-corrected chi connectivity index (χ0v) is 8.56. The summed E-state index contributed by atoms with van der Waals surface area (Å²) in [6.45, 7) is 7.10. The SMILES string of the molecule is CCN(C)SON1CCNCC1. The van der Waals surface area contributed by atoms with Gasteiger partial charge in [0.15, 0.2) is 0 Å². The van der Waals surface area contributed by atoms with Gasteiger partial charge in [-0.25, -0.2) is 8.59 Å². The molecule has 0 atom stereocenters. The van der Waals surface area contributed by atoms with Crippen LogP contribution in [0.3, 0.4) is 0 Å². The van der Waals surface area contributed by atoms with Crippen LogP contribution in [0.2, 0.25) is 0 Å². The van der Waals surface area contributed by atoms with Gasteiger partial charge in [0, 0.05) is 32.7 Å². The molecule has 4 nitrogen and oxygen atoms in total. The Morgan fingerprint density at radius 3 is 2.75 bits per heavy atom. The molecule has 0 unspecified atom stereocenters. The largest absolute Gasteiger partial charge is 0.314 e. The van der Waals surface area contributed by atoms with Crippen LogP contribution in [-0.4, -0.2) is 49.1 Å². The molecule has 12 heavy (non-hydrogen) atoms. The Kier molecular flexibility index (Phi) is 4.94. The number of hydrogen-bond acceptors (Lipinski definition) is 5. The molecule has 1 aliphatic heterocycles. The fraction of sp³-hybridized carbons (Fsp3) is 1.00. The molecule has 1 aliphatic rings. The molecule has 1 N–H and O–H groups in total. The van der Waals surface area contributed by atoms with Crippen LogP contribution >= 0.6 is 12.2 Å². The summed E-state index contributed by atoms with van der Waals surface area (Å²) >= 11 is 1.41. The van der Waals surface area contributed by atoms with E-state index in [1.54, 1.807) is 0 Å². The Hall–Kier alpha value is 0.190. The molecule has 0 radical (unpaired) electrons. The minimum Gasteiger partial charge on any atom is -0.314 e. The molecule has 0 saturated carbocycles. The number of nitrogens with zero attached hydrogens (tertiary/aromatic N) is 2. The normalized spacial score (nSPS) is 20.2. The van der Waals surface area contributed by atoms with Gasteiger partial charge in [-0.3, -0.25) is 0 Å². The van der Waals surface area contributed by atoms with Crippen LogP contribution < -0.4 is 5.32 Å². The second kappa shape index (κ2) is 5.77. The summed E-state index contributed by atoms with van der Waals surface area (Å²) in [7, 11) is 2.02. The smallest absolute Gasteiger partial charge is 0.105 e. The molecule has 0 amide bonds. The molecule has 0 bridgehead atoms. The highest BCUT2D eigenvalue weighted by molar-refractivity contribution is 7.92. The topological polar surface area (TPSA) is 27.7 Å². The molecule has 0 aliphatic carbocycles. The van der Waals surface area contributed by atoms with Gasteiger partial charge < -0.3 is 5.32 Å². The van der Waals surface area contributed by atoms with E-state index >= 15 is 0 Å². The maximum Gasteiger partial charge on any atom is 0.105 e. The molecule has 1 heterocycles. The van der Waals surface area contributed by atoms with E-state index in [1.165, 1.54) is 12.2 Å². The third kappa shape index (κ3) is 3.73. The number of hydroxylamine groups is 2. The van der Waals surface area contributed by atoms with Gasteiger partial charge in [0.2, 0.25) is 0 Å². The van der Waals surface area contributed by atoms with Crippen molar-refractivity contribution in [3.63, 3.8) is 0 Å². The first-order chi connectivity index (χ1) is 5.83. The van der Waals surface area contributed by atoms with Gasteiger partial charge in [-0.15, -0.1) is 0 Å². The van der Waals surface area contributed by atoms with Gasteiger partial charge in [-0.2, -0.15) is 5.06 Å². The second-order valence-corrected chi connectivity index (χ2v) is 3.69. The summed E-state index contributed by atoms with van der Waals surface area (Å²) < 4.78 is 7.53. The monoisotopic (exact) mass is 191 g/mol. The average molecular weight is 191 g/mol. The van der Waals surface area contributed by atoms with Crippen LogP contribution in [0.5, 0.6) is 0 Å². The first-order valence-electron chi connectivity index (χ1n) is 4.34. The molecular formula is C7H17N3OS. The maximum absolute atomic E-state index is 5.47. The first kappa shape index (κ1) is 10.3. The van der Waals surface area contributed by atoms with Crippen LogP contribution in [0.4, 0.5) is 0 Å². The lowest BCUT2D eigenvalue weighted by molar-refractivity contribution is -0.0500. The molecule has 0 aromatic carbocycles. The highest BCUT2D eigenvalue weighted by Crippen LogP contribution is 2.10. The molecular weight excluding hydrogens is 174 g/mol. The van der Waals surface area contributed by atoms with E-state index in [1.807, 2.05) is 12.1 Å². The van der Waals surface area contributed by atoms with Crippen LogP contribution in [0.1, 0.15) is 6.92 Å². The van der Waals surface area contributed by atoms with E-state index in [2.05, 4.69) is 16.5 Å². The highest BCUT2D eigenvalue weighted by atomic mass is 32.2. The lowest BCUT2D eigenvalue weighted by Gasteiger charge is -2.26. The first-order valence-corrected chi connectivity index (χ1v) is 5.04. The minimum absolute atomic E-state index is 0.977. The van der Waals surface area contributed by atoms with Crippen LogP contribution in [-0.2, 0) is 4.28 Å². The third-order valence-corrected chi connectivity index (χ3v) is 2.58. The van der Waals surface area contributed by atoms with E-state index < -0.39 is 0 Å². The van der Waals surface area contributed by atoms with Gasteiger partial charge in [-0.05, 0) is 7.05 Å². The number of nitrogens with one attached hydrogen (secondary N) is 1. The Morgan fingerprint density at radius 2 is 2.17 bits per heavy atom. The van der Waals surface area contributed by atoms with Crippen molar-refractivity contribution in [1.29, 1.82) is 0 Å². The highest BCUT2D eigenvalue weighted by Gasteiger charge is 2.10. The van der Waals surface area contributed by atoms with Crippen LogP contribution in [0.15, 0.2) is 0 Å². The standard InChI is InChI=1S/C7H17N3OS/c1-3-9(2)12-11-10-6-4-8-5-7-10/h8H,3-7H2,1-2H3. The van der Waals surface area contributed by atoms with Gasteiger partial charge in [0.05, 0.1) is 0 Å². The predicted molar refractivity (Wildman–Crippen MR) is 51.4 cm³/mol. The molecule has 1 rings (SSSR count). The number of rotatable bonds is 4. The van der Waals surface area contributed by atoms with E-state index in [4.69, 9.17) is 4.28 Å². The summed E-state index contributed by atoms with van der Waals surface area (Å²) in [6.07, 6.45) is 0. The zero-order chi connectivity index (χ0) is 8.81. The molecule has 0 aromatic rings. The van der Waals surface area contributed by atoms with Crippen molar-refractivity contribution in [1.82, 2.24) is 14.7 Å². The van der Waals surface area contributed by atoms with Crippen molar-refractivity contribution in [3.05, 3.63) is 0 Å². The predicted octanol–water partition coefficient (Wildman–Crippen LogP) is 0.338. The van der Waals surface area contributed by atoms with Crippen LogP contribution in [0.25, 0.3) is 0 Å². The lowest BCUT2D eigenvalue weighted by atomic mass is 10.4. The second-order valence-electron chi connectivity index (χ2n) is 2.77. The van der Waals surface area contributed by atoms with Crippen molar-refractivity contribution in [2.24, 2.45) is 0 Å². The average Bonchev–Trinajstić information content (AvgIpc) is 2.16. The minimum atomic E-state index is 0.977. The summed E-state index contributed by atoms with van der Waals surface area (Å²) in [5.74, 6) is 0. The van der Waals surface area contributed by atoms with Crippen molar-refractivity contribution in [2.45, 2.75) is 6.92 Å². The van der Waals surface area contributed by atoms with E-state index in [9.17, 15) is 0 Å². The summed E-state index contributed by atoms with van der Waals surface area (Å²) in [5.41, 5.74) is 0. The Bertz CT molecular complexity index is 119. The molecule has 0 spiro atoms. The quantitative estimate of drug-likeness (QED) is 0.511. The van der Waals surface area contributed by atoms with Gasteiger partial charge >= 0.3 is 0 Å². The maximum atomic E-state index is 5.47. The number of hydrogen-bond donors (Lipinski definition) is 1. The van der Waals surface area contributed by atoms with Gasteiger partial charge in [0.1, 0.15) is 12.2 Å². The van der Waals surface area contributed by atoms with Crippen molar-refractivity contribution >= 4 is 12.2 Å². The molecule has 5 heteroatoms. The van der Waals surface area contributed by atoms with Crippen molar-refractivity contribution in [3.8, 4) is 0 Å². The summed E-state index contributed by atoms with van der Waals surface area (Å²) in [6, 6.07) is 0. The Balaban J connectivity index is 2.05.